The van der Waals surface area contributed by atoms with Crippen molar-refractivity contribution in [2.45, 2.75) is 65.3 Å². The summed E-state index contributed by atoms with van der Waals surface area (Å²) in [6.45, 7) is 6.63. The molecular weight excluding hydrogens is 186 g/mol. The smallest absolute Gasteiger partial charge is 0.111 e. The van der Waals surface area contributed by atoms with Gasteiger partial charge in [0.25, 0.3) is 0 Å². The van der Waals surface area contributed by atoms with E-state index in [0.717, 1.165) is 12.3 Å². The van der Waals surface area contributed by atoms with Crippen LogP contribution in [0.4, 0.5) is 0 Å². The van der Waals surface area contributed by atoms with E-state index in [0.29, 0.717) is 6.04 Å². The van der Waals surface area contributed by atoms with Gasteiger partial charge in [-0.1, -0.05) is 40.0 Å². The number of nitrogens with two attached hydrogens (primary N) is 1. The maximum absolute atomic E-state index is 5.52. The summed E-state index contributed by atoms with van der Waals surface area (Å²) in [7, 11) is 0. The molecule has 0 atom stereocenters. The Morgan fingerprint density at radius 2 is 1.87 bits per heavy atom. The fourth-order valence-electron chi connectivity index (χ4n) is 2.07. The lowest BCUT2D eigenvalue weighted by Gasteiger charge is -2.23. The Kier molecular flexibility index (Phi) is 4.58. The number of rotatable bonds is 2. The highest BCUT2D eigenvalue weighted by molar-refractivity contribution is 5.82. The summed E-state index contributed by atoms with van der Waals surface area (Å²) >= 11 is 0. The zero-order chi connectivity index (χ0) is 11.3. The van der Waals surface area contributed by atoms with Gasteiger partial charge < -0.3 is 5.43 Å². The van der Waals surface area contributed by atoms with E-state index in [9.17, 15) is 0 Å². The van der Waals surface area contributed by atoms with Crippen LogP contribution in [0, 0.1) is 5.41 Å². The van der Waals surface area contributed by atoms with Crippen LogP contribution in [0.3, 0.4) is 0 Å². The van der Waals surface area contributed by atoms with Crippen LogP contribution in [0.2, 0.25) is 0 Å². The Morgan fingerprint density at radius 3 is 2.33 bits per heavy atom. The Morgan fingerprint density at radius 1 is 1.27 bits per heavy atom. The third kappa shape index (κ3) is 5.17. The first-order chi connectivity index (χ1) is 7.01. The molecule has 0 unspecified atom stereocenters. The molecule has 0 aromatic rings. The van der Waals surface area contributed by atoms with Gasteiger partial charge >= 0.3 is 0 Å². The minimum absolute atomic E-state index is 0.250. The van der Waals surface area contributed by atoms with Crippen molar-refractivity contribution in [3.05, 3.63) is 0 Å². The minimum atomic E-state index is 0.250. The van der Waals surface area contributed by atoms with Crippen LogP contribution in [0.5, 0.6) is 0 Å². The van der Waals surface area contributed by atoms with Gasteiger partial charge in [-0.05, 0) is 18.3 Å². The van der Waals surface area contributed by atoms with E-state index >= 15 is 0 Å². The monoisotopic (exact) mass is 211 g/mol. The predicted octanol–water partition coefficient (Wildman–Crippen LogP) is 2.62. The first-order valence-electron chi connectivity index (χ1n) is 6.04. The van der Waals surface area contributed by atoms with E-state index in [1.165, 1.54) is 32.1 Å². The second-order valence-corrected chi connectivity index (χ2v) is 5.75. The molecule has 0 aliphatic heterocycles. The molecule has 0 saturated heterocycles. The molecule has 0 radical (unpaired) electrons. The van der Waals surface area contributed by atoms with Crippen LogP contribution in [0.25, 0.3) is 0 Å². The lowest BCUT2D eigenvalue weighted by molar-refractivity contribution is 0.417. The van der Waals surface area contributed by atoms with Gasteiger partial charge in [0.05, 0.1) is 6.04 Å². The van der Waals surface area contributed by atoms with Crippen LogP contribution >= 0.6 is 0 Å². The molecule has 3 nitrogen and oxygen atoms in total. The third-order valence-electron chi connectivity index (χ3n) is 2.78. The first-order valence-corrected chi connectivity index (χ1v) is 6.04. The highest BCUT2D eigenvalue weighted by Gasteiger charge is 2.17. The average Bonchev–Trinajstić information content (AvgIpc) is 2.16. The lowest BCUT2D eigenvalue weighted by atomic mass is 9.91. The molecule has 3 heteroatoms. The third-order valence-corrected chi connectivity index (χ3v) is 2.78. The van der Waals surface area contributed by atoms with Gasteiger partial charge in [0.1, 0.15) is 5.84 Å². The van der Waals surface area contributed by atoms with Crippen LogP contribution in [-0.2, 0) is 0 Å². The normalized spacial score (nSPS) is 20.4. The topological polar surface area (TPSA) is 50.4 Å². The number of hydrogen-bond acceptors (Lipinski definition) is 2. The van der Waals surface area contributed by atoms with Gasteiger partial charge in [0, 0.05) is 6.42 Å². The zero-order valence-electron chi connectivity index (χ0n) is 10.3. The summed E-state index contributed by atoms with van der Waals surface area (Å²) in [4.78, 5) is 4.72. The van der Waals surface area contributed by atoms with Crippen LogP contribution in [0.15, 0.2) is 4.99 Å². The van der Waals surface area contributed by atoms with Crippen molar-refractivity contribution in [2.75, 3.05) is 0 Å². The van der Waals surface area contributed by atoms with Crippen molar-refractivity contribution >= 4 is 5.84 Å². The second kappa shape index (κ2) is 5.50. The summed E-state index contributed by atoms with van der Waals surface area (Å²) in [5, 5.41) is 0. The second-order valence-electron chi connectivity index (χ2n) is 5.75. The van der Waals surface area contributed by atoms with Gasteiger partial charge in [0.15, 0.2) is 0 Å². The summed E-state index contributed by atoms with van der Waals surface area (Å²) in [5.74, 6) is 6.48. The highest BCUT2D eigenvalue weighted by atomic mass is 15.3. The molecule has 3 N–H and O–H groups in total. The zero-order valence-corrected chi connectivity index (χ0v) is 10.3. The molecule has 0 heterocycles. The SMILES string of the molecule is CC(C)(C)CC(=NC1CCCCC1)NN. The summed E-state index contributed by atoms with van der Waals surface area (Å²) in [6.07, 6.45) is 7.41. The number of amidine groups is 1. The number of aliphatic imine (C=N–C) groups is 1. The maximum Gasteiger partial charge on any atom is 0.111 e. The summed E-state index contributed by atoms with van der Waals surface area (Å²) in [6, 6.07) is 0.507. The standard InChI is InChI=1S/C12H25N3/c1-12(2,3)9-11(15-13)14-10-7-5-4-6-8-10/h10H,4-9,13H2,1-3H3,(H,14,15). The Hall–Kier alpha value is -0.570. The van der Waals surface area contributed by atoms with Gasteiger partial charge in [-0.3, -0.25) is 4.99 Å². The largest absolute Gasteiger partial charge is 0.312 e. The molecule has 0 bridgehead atoms. The van der Waals surface area contributed by atoms with E-state index in [4.69, 9.17) is 10.8 Å². The fraction of sp³-hybridized carbons (Fsp3) is 0.917. The van der Waals surface area contributed by atoms with Crippen molar-refractivity contribution in [3.63, 3.8) is 0 Å². The van der Waals surface area contributed by atoms with Crippen molar-refractivity contribution < 1.29 is 0 Å². The number of nitrogens with one attached hydrogen (secondary N) is 1. The lowest BCUT2D eigenvalue weighted by Crippen LogP contribution is -2.34. The van der Waals surface area contributed by atoms with Gasteiger partial charge in [-0.15, -0.1) is 0 Å². The Balaban J connectivity index is 2.51. The number of hydrazine groups is 1. The van der Waals surface area contributed by atoms with E-state index in [-0.39, 0.29) is 5.41 Å². The molecular formula is C12H25N3. The molecule has 0 amide bonds. The number of hydrogen-bond donors (Lipinski definition) is 2. The first kappa shape index (κ1) is 12.5. The molecule has 1 aliphatic carbocycles. The molecule has 0 aromatic carbocycles. The Labute approximate surface area is 93.5 Å². The van der Waals surface area contributed by atoms with E-state index in [1.807, 2.05) is 0 Å². The average molecular weight is 211 g/mol. The van der Waals surface area contributed by atoms with E-state index in [1.54, 1.807) is 0 Å². The van der Waals surface area contributed by atoms with Crippen LogP contribution < -0.4 is 11.3 Å². The minimum Gasteiger partial charge on any atom is -0.312 e. The molecule has 0 aromatic heterocycles. The van der Waals surface area contributed by atoms with Crippen LogP contribution in [-0.4, -0.2) is 11.9 Å². The van der Waals surface area contributed by atoms with Crippen molar-refractivity contribution in [3.8, 4) is 0 Å². The Bertz CT molecular complexity index is 209. The highest BCUT2D eigenvalue weighted by Crippen LogP contribution is 2.23. The molecule has 1 saturated carbocycles. The maximum atomic E-state index is 5.52. The molecule has 1 rings (SSSR count). The summed E-state index contributed by atoms with van der Waals surface area (Å²) in [5.41, 5.74) is 3.01. The molecule has 1 fully saturated rings. The van der Waals surface area contributed by atoms with Crippen molar-refractivity contribution in [2.24, 2.45) is 16.3 Å². The molecule has 88 valence electrons. The van der Waals surface area contributed by atoms with Crippen molar-refractivity contribution in [1.82, 2.24) is 5.43 Å². The predicted molar refractivity (Wildman–Crippen MR) is 65.7 cm³/mol. The fourth-order valence-corrected chi connectivity index (χ4v) is 2.07. The van der Waals surface area contributed by atoms with Crippen molar-refractivity contribution in [1.29, 1.82) is 0 Å². The van der Waals surface area contributed by atoms with Crippen LogP contribution in [0.1, 0.15) is 59.3 Å². The van der Waals surface area contributed by atoms with Gasteiger partial charge in [-0.2, -0.15) is 0 Å². The van der Waals surface area contributed by atoms with Gasteiger partial charge in [-0.25, -0.2) is 5.84 Å². The number of nitrogens with zero attached hydrogens (tertiary/aromatic N) is 1. The molecule has 1 aliphatic rings. The quantitative estimate of drug-likeness (QED) is 0.319. The van der Waals surface area contributed by atoms with Gasteiger partial charge in [0.2, 0.25) is 0 Å². The van der Waals surface area contributed by atoms with E-state index < -0.39 is 0 Å². The molecule has 0 spiro atoms. The molecule has 15 heavy (non-hydrogen) atoms. The van der Waals surface area contributed by atoms with E-state index in [2.05, 4.69) is 26.2 Å². The summed E-state index contributed by atoms with van der Waals surface area (Å²) < 4.78 is 0.